The van der Waals surface area contributed by atoms with E-state index >= 15 is 0 Å². The van der Waals surface area contributed by atoms with E-state index in [9.17, 15) is 9.59 Å². The predicted octanol–water partition coefficient (Wildman–Crippen LogP) is 3.19. The molecule has 2 amide bonds. The molecule has 0 spiro atoms. The van der Waals surface area contributed by atoms with Crippen LogP contribution in [-0.4, -0.2) is 36.6 Å². The summed E-state index contributed by atoms with van der Waals surface area (Å²) in [5.74, 6) is 0.778. The molecule has 2 aromatic carbocycles. The van der Waals surface area contributed by atoms with Gasteiger partial charge in [-0.2, -0.15) is 0 Å². The summed E-state index contributed by atoms with van der Waals surface area (Å²) in [5, 5.41) is 2.59. The first-order chi connectivity index (χ1) is 11.6. The SMILES string of the molecule is CNC(=O)c1ccc(CN(C)C(=O)CCSc2ccccc2)cc1. The van der Waals surface area contributed by atoms with Gasteiger partial charge in [-0.1, -0.05) is 30.3 Å². The van der Waals surface area contributed by atoms with Crippen molar-refractivity contribution >= 4 is 23.6 Å². The van der Waals surface area contributed by atoms with Crippen LogP contribution in [0.1, 0.15) is 22.3 Å². The van der Waals surface area contributed by atoms with Crippen molar-refractivity contribution < 1.29 is 9.59 Å². The molecule has 0 aliphatic rings. The summed E-state index contributed by atoms with van der Waals surface area (Å²) in [6.45, 7) is 0.545. The lowest BCUT2D eigenvalue weighted by atomic mass is 10.1. The van der Waals surface area contributed by atoms with Crippen LogP contribution in [0.3, 0.4) is 0 Å². The van der Waals surface area contributed by atoms with Crippen LogP contribution in [0.4, 0.5) is 0 Å². The third-order valence-electron chi connectivity index (χ3n) is 3.62. The van der Waals surface area contributed by atoms with Crippen molar-refractivity contribution in [2.75, 3.05) is 19.8 Å². The van der Waals surface area contributed by atoms with Crippen molar-refractivity contribution in [1.82, 2.24) is 10.2 Å². The number of nitrogens with zero attached hydrogens (tertiary/aromatic N) is 1. The number of benzene rings is 2. The average molecular weight is 342 g/mol. The average Bonchev–Trinajstić information content (AvgIpc) is 2.62. The molecule has 0 saturated carbocycles. The predicted molar refractivity (Wildman–Crippen MR) is 98.1 cm³/mol. The van der Waals surface area contributed by atoms with Crippen molar-refractivity contribution in [3.8, 4) is 0 Å². The highest BCUT2D eigenvalue weighted by molar-refractivity contribution is 7.99. The Bertz CT molecular complexity index is 672. The van der Waals surface area contributed by atoms with E-state index in [4.69, 9.17) is 0 Å². The van der Waals surface area contributed by atoms with Crippen molar-refractivity contribution in [3.05, 3.63) is 65.7 Å². The molecule has 1 N–H and O–H groups in total. The van der Waals surface area contributed by atoms with Gasteiger partial charge in [0.05, 0.1) is 0 Å². The lowest BCUT2D eigenvalue weighted by Gasteiger charge is -2.17. The van der Waals surface area contributed by atoms with Gasteiger partial charge in [0, 0.05) is 43.3 Å². The van der Waals surface area contributed by atoms with Gasteiger partial charge in [0.15, 0.2) is 0 Å². The fourth-order valence-corrected chi connectivity index (χ4v) is 3.09. The van der Waals surface area contributed by atoms with Gasteiger partial charge in [0.2, 0.25) is 5.91 Å². The normalized spacial score (nSPS) is 10.2. The minimum absolute atomic E-state index is 0.107. The molecule has 5 heteroatoms. The highest BCUT2D eigenvalue weighted by Gasteiger charge is 2.10. The number of rotatable bonds is 7. The zero-order valence-corrected chi connectivity index (χ0v) is 14.8. The Morgan fingerprint density at radius 1 is 1.04 bits per heavy atom. The summed E-state index contributed by atoms with van der Waals surface area (Å²) in [6, 6.07) is 17.4. The van der Waals surface area contributed by atoms with Crippen molar-refractivity contribution in [2.45, 2.75) is 17.9 Å². The van der Waals surface area contributed by atoms with Gasteiger partial charge in [-0.15, -0.1) is 11.8 Å². The van der Waals surface area contributed by atoms with Crippen LogP contribution >= 0.6 is 11.8 Å². The molecule has 0 aromatic heterocycles. The Morgan fingerprint density at radius 3 is 2.33 bits per heavy atom. The van der Waals surface area contributed by atoms with Gasteiger partial charge in [-0.3, -0.25) is 9.59 Å². The van der Waals surface area contributed by atoms with E-state index in [1.807, 2.05) is 49.5 Å². The first kappa shape index (κ1) is 18.1. The van der Waals surface area contributed by atoms with Crippen molar-refractivity contribution in [3.63, 3.8) is 0 Å². The standard InChI is InChI=1S/C19H22N2O2S/c1-20-19(23)16-10-8-15(9-11-16)14-21(2)18(22)12-13-24-17-6-4-3-5-7-17/h3-11H,12-14H2,1-2H3,(H,20,23). The number of nitrogens with one attached hydrogen (secondary N) is 1. The Balaban J connectivity index is 1.79. The van der Waals surface area contributed by atoms with Crippen molar-refractivity contribution in [1.29, 1.82) is 0 Å². The largest absolute Gasteiger partial charge is 0.355 e. The molecule has 2 aromatic rings. The molecule has 2 rings (SSSR count). The highest BCUT2D eigenvalue weighted by atomic mass is 32.2. The molecule has 0 fully saturated rings. The summed E-state index contributed by atoms with van der Waals surface area (Å²) in [6.07, 6.45) is 0.506. The van der Waals surface area contributed by atoms with Crippen molar-refractivity contribution in [2.24, 2.45) is 0 Å². The molecule has 0 aliphatic carbocycles. The third kappa shape index (κ3) is 5.42. The molecule has 0 saturated heterocycles. The monoisotopic (exact) mass is 342 g/mol. The Morgan fingerprint density at radius 2 is 1.71 bits per heavy atom. The van der Waals surface area contributed by atoms with Crippen LogP contribution < -0.4 is 5.32 Å². The molecule has 0 atom stereocenters. The maximum atomic E-state index is 12.2. The molecule has 4 nitrogen and oxygen atoms in total. The van der Waals surface area contributed by atoms with Crippen LogP contribution in [0.2, 0.25) is 0 Å². The second-order valence-corrected chi connectivity index (χ2v) is 6.61. The molecule has 126 valence electrons. The highest BCUT2D eigenvalue weighted by Crippen LogP contribution is 2.18. The van der Waals surface area contributed by atoms with E-state index in [0.29, 0.717) is 18.5 Å². The maximum Gasteiger partial charge on any atom is 0.251 e. The van der Waals surface area contributed by atoms with Crippen LogP contribution in [0, 0.1) is 0 Å². The van der Waals surface area contributed by atoms with E-state index in [-0.39, 0.29) is 11.8 Å². The molecule has 0 unspecified atom stereocenters. The van der Waals surface area contributed by atoms with Gasteiger partial charge in [-0.05, 0) is 29.8 Å². The van der Waals surface area contributed by atoms with Crippen LogP contribution in [-0.2, 0) is 11.3 Å². The summed E-state index contributed by atoms with van der Waals surface area (Å²) < 4.78 is 0. The number of hydrogen-bond acceptors (Lipinski definition) is 3. The minimum atomic E-state index is -0.107. The quantitative estimate of drug-likeness (QED) is 0.786. The van der Waals surface area contributed by atoms with Gasteiger partial charge >= 0.3 is 0 Å². The minimum Gasteiger partial charge on any atom is -0.355 e. The molecule has 24 heavy (non-hydrogen) atoms. The number of carbonyl (C=O) groups excluding carboxylic acids is 2. The first-order valence-corrected chi connectivity index (χ1v) is 8.81. The maximum absolute atomic E-state index is 12.2. The second-order valence-electron chi connectivity index (χ2n) is 5.44. The third-order valence-corrected chi connectivity index (χ3v) is 4.63. The van der Waals surface area contributed by atoms with E-state index in [2.05, 4.69) is 5.32 Å². The molecular weight excluding hydrogens is 320 g/mol. The second kappa shape index (κ2) is 9.13. The zero-order valence-electron chi connectivity index (χ0n) is 14.0. The number of amides is 2. The zero-order chi connectivity index (χ0) is 17.4. The summed E-state index contributed by atoms with van der Waals surface area (Å²) in [5.41, 5.74) is 1.63. The number of thioether (sulfide) groups is 1. The summed E-state index contributed by atoms with van der Waals surface area (Å²) in [7, 11) is 3.42. The van der Waals surface area contributed by atoms with Crippen LogP contribution in [0.5, 0.6) is 0 Å². The Kier molecular flexibility index (Phi) is 6.88. The lowest BCUT2D eigenvalue weighted by Crippen LogP contribution is -2.26. The summed E-state index contributed by atoms with van der Waals surface area (Å²) >= 11 is 1.69. The fraction of sp³-hybridized carbons (Fsp3) is 0.263. The molecule has 0 aliphatic heterocycles. The smallest absolute Gasteiger partial charge is 0.251 e. The summed E-state index contributed by atoms with van der Waals surface area (Å²) in [4.78, 5) is 26.6. The Hall–Kier alpha value is -2.27. The fourth-order valence-electron chi connectivity index (χ4n) is 2.23. The van der Waals surface area contributed by atoms with E-state index in [1.165, 1.54) is 4.90 Å². The van der Waals surface area contributed by atoms with Gasteiger partial charge < -0.3 is 10.2 Å². The van der Waals surface area contributed by atoms with Crippen LogP contribution in [0.25, 0.3) is 0 Å². The van der Waals surface area contributed by atoms with Gasteiger partial charge in [0.25, 0.3) is 5.91 Å². The molecule has 0 heterocycles. The first-order valence-electron chi connectivity index (χ1n) is 7.83. The van der Waals surface area contributed by atoms with E-state index in [0.717, 1.165) is 11.3 Å². The Labute approximate surface area is 147 Å². The topological polar surface area (TPSA) is 49.4 Å². The molecular formula is C19H22N2O2S. The van der Waals surface area contributed by atoms with E-state index in [1.54, 1.807) is 35.8 Å². The van der Waals surface area contributed by atoms with Gasteiger partial charge in [0.1, 0.15) is 0 Å². The molecule has 0 bridgehead atoms. The number of hydrogen-bond donors (Lipinski definition) is 1. The van der Waals surface area contributed by atoms with Gasteiger partial charge in [-0.25, -0.2) is 0 Å². The lowest BCUT2D eigenvalue weighted by molar-refractivity contribution is -0.129. The number of carbonyl (C=O) groups is 2. The van der Waals surface area contributed by atoms with Crippen LogP contribution in [0.15, 0.2) is 59.5 Å². The molecule has 0 radical (unpaired) electrons. The van der Waals surface area contributed by atoms with E-state index < -0.39 is 0 Å².